The molecule has 3 aromatic carbocycles. The van der Waals surface area contributed by atoms with Gasteiger partial charge in [-0.1, -0.05) is 48.5 Å². The van der Waals surface area contributed by atoms with E-state index in [4.69, 9.17) is 10.00 Å². The van der Waals surface area contributed by atoms with Gasteiger partial charge in [0.15, 0.2) is 5.78 Å². The van der Waals surface area contributed by atoms with Crippen molar-refractivity contribution in [3.8, 4) is 22.9 Å². The number of rotatable bonds is 2. The number of carbonyl (C=O) groups is 1. The van der Waals surface area contributed by atoms with E-state index in [1.54, 1.807) is 6.07 Å². The van der Waals surface area contributed by atoms with E-state index in [1.165, 1.54) is 5.56 Å². The molecule has 0 N–H and O–H groups in total. The molecule has 5 rings (SSSR count). The van der Waals surface area contributed by atoms with Crippen molar-refractivity contribution in [2.45, 2.75) is 43.6 Å². The third-order valence-corrected chi connectivity index (χ3v) is 6.49. The van der Waals surface area contributed by atoms with Gasteiger partial charge in [-0.25, -0.2) is 0 Å². The Morgan fingerprint density at radius 1 is 0.967 bits per heavy atom. The zero-order valence-electron chi connectivity index (χ0n) is 16.8. The maximum absolute atomic E-state index is 13.2. The average Bonchev–Trinajstić information content (AvgIpc) is 2.79. The summed E-state index contributed by atoms with van der Waals surface area (Å²) in [5.41, 5.74) is 4.08. The maximum atomic E-state index is 13.2. The largest absolute Gasteiger partial charge is 0.486 e. The summed E-state index contributed by atoms with van der Waals surface area (Å²) >= 11 is 0. The molecule has 3 aromatic rings. The van der Waals surface area contributed by atoms with Crippen LogP contribution in [0, 0.1) is 11.3 Å². The summed E-state index contributed by atoms with van der Waals surface area (Å²) in [4.78, 5) is 13.2. The number of Topliss-reactive ketones (excluding diaryl/α,β-unsaturated/α-hetero) is 1. The summed E-state index contributed by atoms with van der Waals surface area (Å²) in [7, 11) is 0. The molecule has 3 heteroatoms. The van der Waals surface area contributed by atoms with Gasteiger partial charge < -0.3 is 4.74 Å². The van der Waals surface area contributed by atoms with Crippen LogP contribution in [0.5, 0.6) is 5.75 Å². The molecule has 0 aromatic heterocycles. The number of ether oxygens (including phenoxy) is 1. The lowest BCUT2D eigenvalue weighted by Gasteiger charge is -2.43. The van der Waals surface area contributed by atoms with Crippen molar-refractivity contribution in [3.63, 3.8) is 0 Å². The van der Waals surface area contributed by atoms with E-state index in [1.807, 2.05) is 42.5 Å². The molecule has 0 saturated heterocycles. The minimum Gasteiger partial charge on any atom is -0.486 e. The monoisotopic (exact) mass is 393 g/mol. The zero-order chi connectivity index (χ0) is 20.6. The lowest BCUT2D eigenvalue weighted by atomic mass is 9.71. The fourth-order valence-electron chi connectivity index (χ4n) is 5.03. The molecule has 30 heavy (non-hydrogen) atoms. The first-order valence-corrected chi connectivity index (χ1v) is 10.6. The molecule has 1 spiro atoms. The van der Waals surface area contributed by atoms with E-state index in [-0.39, 0.29) is 5.78 Å². The zero-order valence-corrected chi connectivity index (χ0v) is 16.8. The number of nitrogens with zero attached hydrogens (tertiary/aromatic N) is 1. The van der Waals surface area contributed by atoms with Crippen LogP contribution in [0.15, 0.2) is 72.8 Å². The SMILES string of the molecule is N#Cc1cccc(-c2ccc3c(c2)C(=O)CC2(CCCC(c4ccccc4)C2)O3)c1. The molecule has 3 nitrogen and oxygen atoms in total. The van der Waals surface area contributed by atoms with Crippen molar-refractivity contribution in [2.24, 2.45) is 0 Å². The number of benzene rings is 3. The van der Waals surface area contributed by atoms with Gasteiger partial charge in [0.05, 0.1) is 23.6 Å². The Morgan fingerprint density at radius 2 is 1.80 bits per heavy atom. The molecular formula is C27H23NO2. The molecular weight excluding hydrogens is 370 g/mol. The van der Waals surface area contributed by atoms with Crippen molar-refractivity contribution < 1.29 is 9.53 Å². The summed E-state index contributed by atoms with van der Waals surface area (Å²) in [5, 5.41) is 9.16. The van der Waals surface area contributed by atoms with Gasteiger partial charge in [-0.15, -0.1) is 0 Å². The second-order valence-electron chi connectivity index (χ2n) is 8.49. The van der Waals surface area contributed by atoms with E-state index < -0.39 is 5.60 Å². The lowest BCUT2D eigenvalue weighted by molar-refractivity contribution is 0.00726. The van der Waals surface area contributed by atoms with E-state index >= 15 is 0 Å². The van der Waals surface area contributed by atoms with Crippen molar-refractivity contribution >= 4 is 5.78 Å². The number of hydrogen-bond acceptors (Lipinski definition) is 3. The van der Waals surface area contributed by atoms with Crippen LogP contribution >= 0.6 is 0 Å². The molecule has 2 aliphatic rings. The predicted octanol–water partition coefficient (Wildman–Crippen LogP) is 6.29. The van der Waals surface area contributed by atoms with Gasteiger partial charge in [-0.3, -0.25) is 4.79 Å². The van der Waals surface area contributed by atoms with Gasteiger partial charge in [0.1, 0.15) is 11.4 Å². The third-order valence-electron chi connectivity index (χ3n) is 6.49. The Balaban J connectivity index is 1.44. The normalized spacial score (nSPS) is 22.8. The molecule has 0 bridgehead atoms. The van der Waals surface area contributed by atoms with Crippen LogP contribution in [0.1, 0.15) is 59.5 Å². The minimum atomic E-state index is -0.398. The van der Waals surface area contributed by atoms with Crippen LogP contribution in [-0.2, 0) is 0 Å². The highest BCUT2D eigenvalue weighted by atomic mass is 16.5. The summed E-state index contributed by atoms with van der Waals surface area (Å²) in [6.07, 6.45) is 4.46. The van der Waals surface area contributed by atoms with Gasteiger partial charge >= 0.3 is 0 Å². The third kappa shape index (κ3) is 3.39. The van der Waals surface area contributed by atoms with Crippen LogP contribution < -0.4 is 4.74 Å². The predicted molar refractivity (Wildman–Crippen MR) is 117 cm³/mol. The molecule has 2 atom stereocenters. The Bertz CT molecular complexity index is 1150. The van der Waals surface area contributed by atoms with E-state index in [2.05, 4.69) is 30.3 Å². The number of carbonyl (C=O) groups excluding carboxylic acids is 1. The molecule has 0 amide bonds. The number of ketones is 1. The highest BCUT2D eigenvalue weighted by Gasteiger charge is 2.44. The van der Waals surface area contributed by atoms with Crippen LogP contribution in [0.2, 0.25) is 0 Å². The lowest BCUT2D eigenvalue weighted by Crippen LogP contribution is -2.45. The number of fused-ring (bicyclic) bond motifs is 1. The van der Waals surface area contributed by atoms with E-state index in [0.717, 1.165) is 36.8 Å². The second-order valence-corrected chi connectivity index (χ2v) is 8.49. The van der Waals surface area contributed by atoms with Gasteiger partial charge in [0, 0.05) is 0 Å². The van der Waals surface area contributed by atoms with Crippen LogP contribution in [-0.4, -0.2) is 11.4 Å². The summed E-state index contributed by atoms with van der Waals surface area (Å²) < 4.78 is 6.55. The highest BCUT2D eigenvalue weighted by molar-refractivity contribution is 6.01. The van der Waals surface area contributed by atoms with Crippen LogP contribution in [0.25, 0.3) is 11.1 Å². The number of hydrogen-bond donors (Lipinski definition) is 0. The number of nitriles is 1. The summed E-state index contributed by atoms with van der Waals surface area (Å²) in [5.74, 6) is 1.28. The van der Waals surface area contributed by atoms with Crippen molar-refractivity contribution in [1.29, 1.82) is 5.26 Å². The standard InChI is InChI=1S/C27H23NO2/c28-18-19-6-4-9-21(14-19)22-11-12-26-24(15-22)25(29)17-27(30-26)13-5-10-23(16-27)20-7-2-1-3-8-20/h1-4,6-9,11-12,14-15,23H,5,10,13,16-17H2. The fourth-order valence-corrected chi connectivity index (χ4v) is 5.03. The molecule has 148 valence electrons. The van der Waals surface area contributed by atoms with Crippen LogP contribution in [0.3, 0.4) is 0 Å². The molecule has 2 unspecified atom stereocenters. The summed E-state index contributed by atoms with van der Waals surface area (Å²) in [6, 6.07) is 26.0. The molecule has 1 aliphatic heterocycles. The minimum absolute atomic E-state index is 0.156. The van der Waals surface area contributed by atoms with E-state index in [9.17, 15) is 4.79 Å². The average molecular weight is 393 g/mol. The van der Waals surface area contributed by atoms with Crippen molar-refractivity contribution in [2.75, 3.05) is 0 Å². The summed E-state index contributed by atoms with van der Waals surface area (Å²) in [6.45, 7) is 0. The van der Waals surface area contributed by atoms with Crippen molar-refractivity contribution in [1.82, 2.24) is 0 Å². The Hall–Kier alpha value is -3.38. The topological polar surface area (TPSA) is 50.1 Å². The van der Waals surface area contributed by atoms with Gasteiger partial charge in [-0.05, 0) is 72.6 Å². The Labute approximate surface area is 176 Å². The first-order valence-electron chi connectivity index (χ1n) is 10.6. The second kappa shape index (κ2) is 7.46. The smallest absolute Gasteiger partial charge is 0.170 e. The van der Waals surface area contributed by atoms with Crippen LogP contribution in [0.4, 0.5) is 0 Å². The molecule has 1 fully saturated rings. The van der Waals surface area contributed by atoms with Gasteiger partial charge in [-0.2, -0.15) is 5.26 Å². The quantitative estimate of drug-likeness (QED) is 0.514. The van der Waals surface area contributed by atoms with Gasteiger partial charge in [0.25, 0.3) is 0 Å². The fraction of sp³-hybridized carbons (Fsp3) is 0.259. The Morgan fingerprint density at radius 3 is 2.63 bits per heavy atom. The van der Waals surface area contributed by atoms with Gasteiger partial charge in [0.2, 0.25) is 0 Å². The molecule has 1 heterocycles. The first kappa shape index (κ1) is 18.6. The first-order chi connectivity index (χ1) is 14.7. The highest BCUT2D eigenvalue weighted by Crippen LogP contribution is 2.47. The van der Waals surface area contributed by atoms with E-state index in [0.29, 0.717) is 29.2 Å². The molecule has 0 radical (unpaired) electrons. The molecule has 1 saturated carbocycles. The molecule has 1 aliphatic carbocycles. The maximum Gasteiger partial charge on any atom is 0.170 e. The Kier molecular flexibility index (Phi) is 4.64. The van der Waals surface area contributed by atoms with Crippen molar-refractivity contribution in [3.05, 3.63) is 89.5 Å².